The van der Waals surface area contributed by atoms with E-state index in [0.717, 1.165) is 57.2 Å². The highest BCUT2D eigenvalue weighted by molar-refractivity contribution is 5.98. The average molecular weight is 379 g/mol. The fourth-order valence-corrected chi connectivity index (χ4v) is 4.33. The smallest absolute Gasteiger partial charge is 0.387 e. The molecule has 3 fully saturated rings. The maximum atomic E-state index is 13.1. The summed E-state index contributed by atoms with van der Waals surface area (Å²) in [4.78, 5) is 19.9. The number of amides is 1. The first-order valence-corrected chi connectivity index (χ1v) is 9.96. The zero-order valence-electron chi connectivity index (χ0n) is 15.5. The van der Waals surface area contributed by atoms with Gasteiger partial charge in [0.1, 0.15) is 5.75 Å². The second-order valence-electron chi connectivity index (χ2n) is 7.68. The molecule has 2 saturated heterocycles. The zero-order valence-corrected chi connectivity index (χ0v) is 15.5. The molecule has 0 spiro atoms. The SMILES string of the molecule is O=C1C(N2CCCN(C3CC3)CC2)CCCN1c1ccc(OC(F)F)cc1. The highest BCUT2D eigenvalue weighted by Gasteiger charge is 2.36. The molecule has 5 nitrogen and oxygen atoms in total. The van der Waals surface area contributed by atoms with Crippen molar-refractivity contribution in [2.24, 2.45) is 0 Å². The fraction of sp³-hybridized carbons (Fsp3) is 0.650. The van der Waals surface area contributed by atoms with Crippen LogP contribution >= 0.6 is 0 Å². The van der Waals surface area contributed by atoms with Gasteiger partial charge in [0.05, 0.1) is 6.04 Å². The van der Waals surface area contributed by atoms with E-state index in [4.69, 9.17) is 0 Å². The van der Waals surface area contributed by atoms with E-state index in [0.29, 0.717) is 6.54 Å². The first-order valence-electron chi connectivity index (χ1n) is 9.96. The molecule has 2 heterocycles. The molecule has 1 unspecified atom stereocenters. The molecule has 3 aliphatic rings. The van der Waals surface area contributed by atoms with Gasteiger partial charge >= 0.3 is 6.61 Å². The van der Waals surface area contributed by atoms with Gasteiger partial charge in [-0.3, -0.25) is 14.6 Å². The van der Waals surface area contributed by atoms with E-state index in [9.17, 15) is 13.6 Å². The van der Waals surface area contributed by atoms with Crippen molar-refractivity contribution in [3.63, 3.8) is 0 Å². The topological polar surface area (TPSA) is 36.0 Å². The van der Waals surface area contributed by atoms with Crippen LogP contribution < -0.4 is 9.64 Å². The van der Waals surface area contributed by atoms with Gasteiger partial charge in [-0.25, -0.2) is 0 Å². The molecule has 7 heteroatoms. The van der Waals surface area contributed by atoms with Crippen LogP contribution in [-0.4, -0.2) is 67.1 Å². The maximum absolute atomic E-state index is 13.1. The summed E-state index contributed by atoms with van der Waals surface area (Å²) in [5.74, 6) is 0.242. The minimum atomic E-state index is -2.84. The second-order valence-corrected chi connectivity index (χ2v) is 7.68. The Kier molecular flexibility index (Phi) is 5.59. The number of carbonyl (C=O) groups excluding carboxylic acids is 1. The lowest BCUT2D eigenvalue weighted by atomic mass is 10.0. The van der Waals surface area contributed by atoms with Crippen molar-refractivity contribution in [2.75, 3.05) is 37.6 Å². The van der Waals surface area contributed by atoms with Crippen LogP contribution in [0.15, 0.2) is 24.3 Å². The molecule has 0 radical (unpaired) electrons. The molecular weight excluding hydrogens is 352 g/mol. The minimum absolute atomic E-state index is 0.0742. The third kappa shape index (κ3) is 4.41. The highest BCUT2D eigenvalue weighted by atomic mass is 19.3. The van der Waals surface area contributed by atoms with Crippen LogP contribution in [0.5, 0.6) is 5.75 Å². The lowest BCUT2D eigenvalue weighted by Gasteiger charge is -2.38. The van der Waals surface area contributed by atoms with Gasteiger partial charge in [0.2, 0.25) is 5.91 Å². The molecule has 1 aliphatic carbocycles. The number of halogens is 2. The number of carbonyl (C=O) groups is 1. The number of benzene rings is 1. The van der Waals surface area contributed by atoms with Gasteiger partial charge in [-0.05, 0) is 62.9 Å². The van der Waals surface area contributed by atoms with Gasteiger partial charge in [0.25, 0.3) is 0 Å². The number of nitrogens with zero attached hydrogens (tertiary/aromatic N) is 3. The molecule has 27 heavy (non-hydrogen) atoms. The summed E-state index contributed by atoms with van der Waals surface area (Å²) >= 11 is 0. The number of piperidine rings is 1. The van der Waals surface area contributed by atoms with Gasteiger partial charge in [-0.1, -0.05) is 0 Å². The Morgan fingerprint density at radius 2 is 1.59 bits per heavy atom. The monoisotopic (exact) mass is 379 g/mol. The molecule has 4 rings (SSSR count). The molecule has 1 aromatic carbocycles. The van der Waals surface area contributed by atoms with E-state index < -0.39 is 6.61 Å². The fourth-order valence-electron chi connectivity index (χ4n) is 4.33. The molecule has 0 N–H and O–H groups in total. The number of hydrogen-bond donors (Lipinski definition) is 0. The van der Waals surface area contributed by atoms with Crippen molar-refractivity contribution in [3.05, 3.63) is 24.3 Å². The third-order valence-electron chi connectivity index (χ3n) is 5.85. The first-order chi connectivity index (χ1) is 13.1. The second kappa shape index (κ2) is 8.10. The van der Waals surface area contributed by atoms with Crippen molar-refractivity contribution in [2.45, 2.75) is 50.8 Å². The van der Waals surface area contributed by atoms with Crippen molar-refractivity contribution >= 4 is 11.6 Å². The molecule has 1 saturated carbocycles. The van der Waals surface area contributed by atoms with Crippen LogP contribution in [0, 0.1) is 0 Å². The van der Waals surface area contributed by atoms with Gasteiger partial charge < -0.3 is 9.64 Å². The number of anilines is 1. The van der Waals surface area contributed by atoms with E-state index in [2.05, 4.69) is 14.5 Å². The van der Waals surface area contributed by atoms with Crippen molar-refractivity contribution in [1.29, 1.82) is 0 Å². The van der Waals surface area contributed by atoms with Crippen LogP contribution in [0.2, 0.25) is 0 Å². The Bertz CT molecular complexity index is 651. The Labute approximate surface area is 158 Å². The summed E-state index contributed by atoms with van der Waals surface area (Å²) < 4.78 is 29.0. The largest absolute Gasteiger partial charge is 0.435 e. The molecule has 1 atom stereocenters. The Hall–Kier alpha value is -1.73. The maximum Gasteiger partial charge on any atom is 0.387 e. The standard InChI is InChI=1S/C20H27F2N3O2/c21-20(22)27-17-8-6-16(7-9-17)25-12-1-3-18(19(25)26)24-11-2-10-23(13-14-24)15-4-5-15/h6-9,15,18,20H,1-5,10-14H2. The number of hydrogen-bond acceptors (Lipinski definition) is 4. The predicted molar refractivity (Wildman–Crippen MR) is 99.2 cm³/mol. The van der Waals surface area contributed by atoms with Crippen LogP contribution in [0.3, 0.4) is 0 Å². The van der Waals surface area contributed by atoms with E-state index in [1.54, 1.807) is 17.0 Å². The molecule has 2 aliphatic heterocycles. The van der Waals surface area contributed by atoms with E-state index in [-0.39, 0.29) is 17.7 Å². The van der Waals surface area contributed by atoms with Crippen LogP contribution in [0.1, 0.15) is 32.1 Å². The van der Waals surface area contributed by atoms with Gasteiger partial charge in [-0.15, -0.1) is 0 Å². The molecule has 0 aromatic heterocycles. The summed E-state index contributed by atoms with van der Waals surface area (Å²) in [6.45, 7) is 1.93. The summed E-state index contributed by atoms with van der Waals surface area (Å²) in [6, 6.07) is 7.08. The zero-order chi connectivity index (χ0) is 18.8. The number of rotatable bonds is 5. The van der Waals surface area contributed by atoms with Crippen molar-refractivity contribution in [3.8, 4) is 5.75 Å². The van der Waals surface area contributed by atoms with Crippen molar-refractivity contribution in [1.82, 2.24) is 9.80 Å². The lowest BCUT2D eigenvalue weighted by Crippen LogP contribution is -2.53. The average Bonchev–Trinajstić information content (AvgIpc) is 3.49. The van der Waals surface area contributed by atoms with Gasteiger partial charge in [0.15, 0.2) is 0 Å². The Morgan fingerprint density at radius 1 is 0.889 bits per heavy atom. The van der Waals surface area contributed by atoms with Crippen LogP contribution in [-0.2, 0) is 4.79 Å². The molecule has 1 aromatic rings. The lowest BCUT2D eigenvalue weighted by molar-refractivity contribution is -0.125. The third-order valence-corrected chi connectivity index (χ3v) is 5.85. The van der Waals surface area contributed by atoms with E-state index in [1.807, 2.05) is 0 Å². The molecular formula is C20H27F2N3O2. The quantitative estimate of drug-likeness (QED) is 0.788. The number of alkyl halides is 2. The predicted octanol–water partition coefficient (Wildman–Crippen LogP) is 2.95. The van der Waals surface area contributed by atoms with E-state index >= 15 is 0 Å². The summed E-state index contributed by atoms with van der Waals surface area (Å²) in [5.41, 5.74) is 0.751. The normalized spacial score (nSPS) is 25.7. The highest BCUT2D eigenvalue weighted by Crippen LogP contribution is 2.29. The minimum Gasteiger partial charge on any atom is -0.435 e. The molecule has 0 bridgehead atoms. The van der Waals surface area contributed by atoms with Crippen LogP contribution in [0.25, 0.3) is 0 Å². The van der Waals surface area contributed by atoms with E-state index in [1.165, 1.54) is 25.0 Å². The van der Waals surface area contributed by atoms with Crippen LogP contribution in [0.4, 0.5) is 14.5 Å². The molecule has 1 amide bonds. The summed E-state index contributed by atoms with van der Waals surface area (Å²) in [5, 5.41) is 0. The Morgan fingerprint density at radius 3 is 2.30 bits per heavy atom. The van der Waals surface area contributed by atoms with Gasteiger partial charge in [0, 0.05) is 37.9 Å². The van der Waals surface area contributed by atoms with Gasteiger partial charge in [-0.2, -0.15) is 8.78 Å². The number of ether oxygens (including phenoxy) is 1. The molecule has 148 valence electrons. The summed E-state index contributed by atoms with van der Waals surface area (Å²) in [7, 11) is 0. The first kappa shape index (κ1) is 18.6. The van der Waals surface area contributed by atoms with Crippen molar-refractivity contribution < 1.29 is 18.3 Å². The Balaban J connectivity index is 1.41. The summed E-state index contributed by atoms with van der Waals surface area (Å²) in [6.07, 6.45) is 5.60.